The summed E-state index contributed by atoms with van der Waals surface area (Å²) in [5.74, 6) is -0.0625. The summed E-state index contributed by atoms with van der Waals surface area (Å²) in [4.78, 5) is 28.0. The molecule has 2 rings (SSSR count). The van der Waals surface area contributed by atoms with E-state index >= 15 is 0 Å². The average Bonchev–Trinajstić information content (AvgIpc) is 2.54. The lowest BCUT2D eigenvalue weighted by Crippen LogP contribution is -2.51. The van der Waals surface area contributed by atoms with E-state index < -0.39 is 6.10 Å². The maximum atomic E-state index is 12.4. The van der Waals surface area contributed by atoms with Crippen molar-refractivity contribution in [1.29, 1.82) is 0 Å². The first-order valence-corrected chi connectivity index (χ1v) is 8.27. The van der Waals surface area contributed by atoms with Gasteiger partial charge in [0.2, 0.25) is 5.91 Å². The lowest BCUT2D eigenvalue weighted by molar-refractivity contribution is -0.135. The molecule has 2 amide bonds. The number of carbonyl (C=O) groups is 2. The number of carbonyl (C=O) groups excluding carboxylic acids is 2. The molecular weight excluding hydrogens is 316 g/mol. The molecule has 1 unspecified atom stereocenters. The van der Waals surface area contributed by atoms with Gasteiger partial charge in [-0.05, 0) is 24.1 Å². The van der Waals surface area contributed by atoms with Crippen LogP contribution in [0.3, 0.4) is 0 Å². The molecule has 5 nitrogen and oxygen atoms in total. The second-order valence-corrected chi connectivity index (χ2v) is 6.64. The Bertz CT molecular complexity index is 569. The fourth-order valence-electron chi connectivity index (χ4n) is 2.51. The lowest BCUT2D eigenvalue weighted by Gasteiger charge is -2.35. The first-order valence-electron chi connectivity index (χ1n) is 7.89. The van der Waals surface area contributed by atoms with E-state index in [0.717, 1.165) is 0 Å². The maximum absolute atomic E-state index is 12.4. The molecule has 126 valence electrons. The number of hydrogen-bond donors (Lipinski definition) is 1. The zero-order chi connectivity index (χ0) is 17.0. The zero-order valence-corrected chi connectivity index (χ0v) is 14.3. The van der Waals surface area contributed by atoms with Gasteiger partial charge in [-0.2, -0.15) is 0 Å². The third-order valence-electron chi connectivity index (χ3n) is 4.14. The molecule has 0 bridgehead atoms. The molecule has 1 aromatic rings. The minimum absolute atomic E-state index is 0.0546. The highest BCUT2D eigenvalue weighted by Crippen LogP contribution is 2.15. The first kappa shape index (κ1) is 17.8. The van der Waals surface area contributed by atoms with Crippen LogP contribution >= 0.6 is 11.6 Å². The van der Waals surface area contributed by atoms with Crippen LogP contribution in [0.25, 0.3) is 0 Å². The minimum atomic E-state index is -0.617. The smallest absolute Gasteiger partial charge is 0.254 e. The highest BCUT2D eigenvalue weighted by atomic mass is 35.5. The van der Waals surface area contributed by atoms with E-state index in [9.17, 15) is 14.7 Å². The van der Waals surface area contributed by atoms with Crippen molar-refractivity contribution in [2.45, 2.75) is 26.4 Å². The van der Waals surface area contributed by atoms with Gasteiger partial charge >= 0.3 is 0 Å². The van der Waals surface area contributed by atoms with Crippen molar-refractivity contribution in [2.24, 2.45) is 5.92 Å². The Morgan fingerprint density at radius 3 is 2.35 bits per heavy atom. The molecule has 0 spiro atoms. The molecule has 1 aliphatic heterocycles. The Morgan fingerprint density at radius 1 is 1.17 bits per heavy atom. The summed E-state index contributed by atoms with van der Waals surface area (Å²) in [6.45, 7) is 5.76. The van der Waals surface area contributed by atoms with Gasteiger partial charge in [0.05, 0.1) is 12.5 Å². The van der Waals surface area contributed by atoms with Crippen LogP contribution in [0.5, 0.6) is 0 Å². The van der Waals surface area contributed by atoms with Crippen molar-refractivity contribution in [3.63, 3.8) is 0 Å². The summed E-state index contributed by atoms with van der Waals surface area (Å²) in [5, 5.41) is 10.4. The van der Waals surface area contributed by atoms with E-state index in [1.54, 1.807) is 34.1 Å². The zero-order valence-electron chi connectivity index (χ0n) is 13.5. The standard InChI is InChI=1S/C17H23ClN2O3/c1-12(2)15(21)11-16(22)19-6-8-20(9-7-19)17(23)13-4-3-5-14(18)10-13/h3-5,10,12,15,21H,6-9,11H2,1-2H3. The van der Waals surface area contributed by atoms with Gasteiger partial charge < -0.3 is 14.9 Å². The Kier molecular flexibility index (Phi) is 6.02. The van der Waals surface area contributed by atoms with E-state index in [0.29, 0.717) is 36.8 Å². The summed E-state index contributed by atoms with van der Waals surface area (Å²) < 4.78 is 0. The van der Waals surface area contributed by atoms with Crippen LogP contribution in [-0.4, -0.2) is 59.0 Å². The Morgan fingerprint density at radius 2 is 1.78 bits per heavy atom. The molecule has 0 radical (unpaired) electrons. The van der Waals surface area contributed by atoms with Crippen LogP contribution in [0.4, 0.5) is 0 Å². The van der Waals surface area contributed by atoms with Gasteiger partial charge in [0.1, 0.15) is 0 Å². The van der Waals surface area contributed by atoms with Gasteiger partial charge in [-0.15, -0.1) is 0 Å². The van der Waals surface area contributed by atoms with Crippen LogP contribution in [-0.2, 0) is 4.79 Å². The molecule has 0 saturated carbocycles. The minimum Gasteiger partial charge on any atom is -0.392 e. The van der Waals surface area contributed by atoms with Crippen molar-refractivity contribution >= 4 is 23.4 Å². The van der Waals surface area contributed by atoms with E-state index in [2.05, 4.69) is 0 Å². The molecule has 0 aromatic heterocycles. The van der Waals surface area contributed by atoms with Crippen LogP contribution < -0.4 is 0 Å². The molecule has 6 heteroatoms. The van der Waals surface area contributed by atoms with Crippen LogP contribution in [0, 0.1) is 5.92 Å². The van der Waals surface area contributed by atoms with Gasteiger partial charge in [-0.3, -0.25) is 9.59 Å². The largest absolute Gasteiger partial charge is 0.392 e. The number of aliphatic hydroxyl groups excluding tert-OH is 1. The lowest BCUT2D eigenvalue weighted by atomic mass is 10.0. The topological polar surface area (TPSA) is 60.9 Å². The summed E-state index contributed by atoms with van der Waals surface area (Å²) >= 11 is 5.92. The third kappa shape index (κ3) is 4.69. The van der Waals surface area contributed by atoms with Gasteiger partial charge in [-0.25, -0.2) is 0 Å². The van der Waals surface area contributed by atoms with Crippen molar-refractivity contribution in [3.8, 4) is 0 Å². The summed E-state index contributed by atoms with van der Waals surface area (Å²) in [5.41, 5.74) is 0.563. The van der Waals surface area contributed by atoms with Gasteiger partial charge in [0.25, 0.3) is 5.91 Å². The highest BCUT2D eigenvalue weighted by molar-refractivity contribution is 6.30. The number of rotatable bonds is 4. The van der Waals surface area contributed by atoms with Crippen LogP contribution in [0.1, 0.15) is 30.6 Å². The number of nitrogens with zero attached hydrogens (tertiary/aromatic N) is 2. The van der Waals surface area contributed by atoms with Crippen molar-refractivity contribution < 1.29 is 14.7 Å². The van der Waals surface area contributed by atoms with Gasteiger partial charge in [0.15, 0.2) is 0 Å². The second kappa shape index (κ2) is 7.79. The highest BCUT2D eigenvalue weighted by Gasteiger charge is 2.26. The fraction of sp³-hybridized carbons (Fsp3) is 0.529. The average molecular weight is 339 g/mol. The SMILES string of the molecule is CC(C)C(O)CC(=O)N1CCN(C(=O)c2cccc(Cl)c2)CC1. The molecule has 23 heavy (non-hydrogen) atoms. The third-order valence-corrected chi connectivity index (χ3v) is 4.38. The van der Waals surface area contributed by atoms with Crippen molar-refractivity contribution in [1.82, 2.24) is 9.80 Å². The second-order valence-electron chi connectivity index (χ2n) is 6.20. The number of piperazine rings is 1. The van der Waals surface area contributed by atoms with E-state index in [-0.39, 0.29) is 24.2 Å². The predicted octanol–water partition coefficient (Wildman–Crippen LogP) is 2.03. The monoisotopic (exact) mass is 338 g/mol. The Balaban J connectivity index is 1.88. The maximum Gasteiger partial charge on any atom is 0.254 e. The fourth-order valence-corrected chi connectivity index (χ4v) is 2.70. The van der Waals surface area contributed by atoms with Crippen molar-refractivity contribution in [3.05, 3.63) is 34.9 Å². The molecule has 1 fully saturated rings. The summed E-state index contributed by atoms with van der Waals surface area (Å²) in [6.07, 6.45) is -0.478. The molecule has 1 aromatic carbocycles. The Hall–Kier alpha value is -1.59. The molecule has 0 aliphatic carbocycles. The molecule has 1 N–H and O–H groups in total. The molecule has 1 saturated heterocycles. The normalized spacial score (nSPS) is 16.6. The van der Waals surface area contributed by atoms with E-state index in [1.807, 2.05) is 13.8 Å². The van der Waals surface area contributed by atoms with E-state index in [1.165, 1.54) is 0 Å². The molecule has 1 heterocycles. The summed E-state index contributed by atoms with van der Waals surface area (Å²) in [6, 6.07) is 6.88. The number of benzene rings is 1. The molecular formula is C17H23ClN2O3. The first-order chi connectivity index (χ1) is 10.9. The predicted molar refractivity (Wildman–Crippen MR) is 89.4 cm³/mol. The number of amides is 2. The van der Waals surface area contributed by atoms with Crippen molar-refractivity contribution in [2.75, 3.05) is 26.2 Å². The number of halogens is 1. The van der Waals surface area contributed by atoms with Crippen LogP contribution in [0.2, 0.25) is 5.02 Å². The molecule has 1 atom stereocenters. The number of hydrogen-bond acceptors (Lipinski definition) is 3. The van der Waals surface area contributed by atoms with E-state index in [4.69, 9.17) is 11.6 Å². The summed E-state index contributed by atoms with van der Waals surface area (Å²) in [7, 11) is 0. The van der Waals surface area contributed by atoms with Gasteiger partial charge in [-0.1, -0.05) is 31.5 Å². The quantitative estimate of drug-likeness (QED) is 0.913. The number of aliphatic hydroxyl groups is 1. The van der Waals surface area contributed by atoms with Gasteiger partial charge in [0, 0.05) is 36.8 Å². The molecule has 1 aliphatic rings. The Labute approximate surface area is 141 Å². The van der Waals surface area contributed by atoms with Crippen LogP contribution in [0.15, 0.2) is 24.3 Å².